The van der Waals surface area contributed by atoms with E-state index in [2.05, 4.69) is 30.7 Å². The Balaban J connectivity index is 2.16. The van der Waals surface area contributed by atoms with E-state index in [-0.39, 0.29) is 24.5 Å². The number of hydrogen-bond donors (Lipinski definition) is 2. The van der Waals surface area contributed by atoms with Gasteiger partial charge in [-0.25, -0.2) is 4.98 Å². The van der Waals surface area contributed by atoms with Crippen molar-refractivity contribution in [2.45, 2.75) is 32.7 Å². The number of carbonyl (C=O) groups is 1. The van der Waals surface area contributed by atoms with Gasteiger partial charge in [0.1, 0.15) is 5.82 Å². The minimum Gasteiger partial charge on any atom is -0.395 e. The third-order valence-electron chi connectivity index (χ3n) is 3.55. The molecule has 22 heavy (non-hydrogen) atoms. The average molecular weight is 301 g/mol. The second kappa shape index (κ2) is 6.75. The van der Waals surface area contributed by atoms with Crippen molar-refractivity contribution in [3.63, 3.8) is 0 Å². The van der Waals surface area contributed by atoms with E-state index in [0.29, 0.717) is 17.9 Å². The van der Waals surface area contributed by atoms with Gasteiger partial charge >= 0.3 is 0 Å². The summed E-state index contributed by atoms with van der Waals surface area (Å²) in [5, 5.41) is 9.19. The highest BCUT2D eigenvalue weighted by molar-refractivity contribution is 5.94. The van der Waals surface area contributed by atoms with Crippen LogP contribution < -0.4 is 0 Å². The van der Waals surface area contributed by atoms with Crippen molar-refractivity contribution in [3.8, 4) is 0 Å². The van der Waals surface area contributed by atoms with Crippen molar-refractivity contribution in [2.75, 3.05) is 13.2 Å². The standard InChI is InChI=1S/C17H23N3O2/c1-17(2,3)14-6-4-13(5-7-14)16(22)20(10-11-21)12-15-18-8-9-19-15/h4-9,21H,10-12H2,1-3H3,(H,18,19). The maximum Gasteiger partial charge on any atom is 0.254 e. The lowest BCUT2D eigenvalue weighted by atomic mass is 9.86. The van der Waals surface area contributed by atoms with Gasteiger partial charge in [0.2, 0.25) is 0 Å². The summed E-state index contributed by atoms with van der Waals surface area (Å²) in [6, 6.07) is 7.65. The molecule has 0 bridgehead atoms. The molecule has 0 aliphatic rings. The van der Waals surface area contributed by atoms with Crippen LogP contribution in [0.15, 0.2) is 36.7 Å². The van der Waals surface area contributed by atoms with Crippen LogP contribution in [0.5, 0.6) is 0 Å². The quantitative estimate of drug-likeness (QED) is 0.890. The molecule has 2 N–H and O–H groups in total. The zero-order valence-corrected chi connectivity index (χ0v) is 13.3. The Kier molecular flexibility index (Phi) is 4.98. The number of aliphatic hydroxyl groups excluding tert-OH is 1. The fraction of sp³-hybridized carbons (Fsp3) is 0.412. The molecule has 1 aromatic carbocycles. The summed E-state index contributed by atoms with van der Waals surface area (Å²) in [6.45, 7) is 6.97. The van der Waals surface area contributed by atoms with Crippen molar-refractivity contribution < 1.29 is 9.90 Å². The minimum absolute atomic E-state index is 0.0561. The van der Waals surface area contributed by atoms with Gasteiger partial charge in [-0.1, -0.05) is 32.9 Å². The van der Waals surface area contributed by atoms with Gasteiger partial charge in [-0.3, -0.25) is 4.79 Å². The molecule has 0 radical (unpaired) electrons. The molecule has 5 nitrogen and oxygen atoms in total. The summed E-state index contributed by atoms with van der Waals surface area (Å²) in [5.41, 5.74) is 1.86. The van der Waals surface area contributed by atoms with Crippen molar-refractivity contribution in [3.05, 3.63) is 53.6 Å². The Morgan fingerprint density at radius 2 is 1.95 bits per heavy atom. The number of aliphatic hydroxyl groups is 1. The maximum absolute atomic E-state index is 12.6. The van der Waals surface area contributed by atoms with Gasteiger partial charge in [0.25, 0.3) is 5.91 Å². The van der Waals surface area contributed by atoms with Gasteiger partial charge in [0.15, 0.2) is 0 Å². The summed E-state index contributed by atoms with van der Waals surface area (Å²) >= 11 is 0. The van der Waals surface area contributed by atoms with E-state index in [0.717, 1.165) is 0 Å². The number of nitrogens with one attached hydrogen (secondary N) is 1. The third-order valence-corrected chi connectivity index (χ3v) is 3.55. The first-order valence-corrected chi connectivity index (χ1v) is 7.41. The van der Waals surface area contributed by atoms with Crippen LogP contribution in [0.25, 0.3) is 0 Å². The number of rotatable bonds is 5. The van der Waals surface area contributed by atoms with E-state index < -0.39 is 0 Å². The fourth-order valence-electron chi connectivity index (χ4n) is 2.23. The van der Waals surface area contributed by atoms with Crippen molar-refractivity contribution >= 4 is 5.91 Å². The fourth-order valence-corrected chi connectivity index (χ4v) is 2.23. The number of amides is 1. The number of imidazole rings is 1. The lowest BCUT2D eigenvalue weighted by Gasteiger charge is -2.22. The predicted molar refractivity (Wildman–Crippen MR) is 85.6 cm³/mol. The minimum atomic E-state index is -0.106. The highest BCUT2D eigenvalue weighted by atomic mass is 16.3. The molecule has 0 atom stereocenters. The van der Waals surface area contributed by atoms with Gasteiger partial charge in [0.05, 0.1) is 13.2 Å². The zero-order valence-electron chi connectivity index (χ0n) is 13.3. The number of carbonyl (C=O) groups excluding carboxylic acids is 1. The summed E-state index contributed by atoms with van der Waals surface area (Å²) in [6.07, 6.45) is 3.37. The molecule has 5 heteroatoms. The molecule has 1 amide bonds. The van der Waals surface area contributed by atoms with Crippen molar-refractivity contribution in [2.24, 2.45) is 0 Å². The predicted octanol–water partition coefficient (Wildman–Crippen LogP) is 2.34. The Labute approximate surface area is 131 Å². The normalized spacial score (nSPS) is 11.5. The second-order valence-electron chi connectivity index (χ2n) is 6.31. The summed E-state index contributed by atoms with van der Waals surface area (Å²) in [4.78, 5) is 21.3. The lowest BCUT2D eigenvalue weighted by molar-refractivity contribution is 0.0703. The molecule has 0 aliphatic carbocycles. The molecule has 0 fully saturated rings. The largest absolute Gasteiger partial charge is 0.395 e. The zero-order chi connectivity index (χ0) is 16.2. The van der Waals surface area contributed by atoms with Gasteiger partial charge in [-0.15, -0.1) is 0 Å². The molecule has 1 heterocycles. The second-order valence-corrected chi connectivity index (χ2v) is 6.31. The Morgan fingerprint density at radius 1 is 1.27 bits per heavy atom. The van der Waals surface area contributed by atoms with Crippen LogP contribution in [0.3, 0.4) is 0 Å². The van der Waals surface area contributed by atoms with Crippen LogP contribution in [-0.2, 0) is 12.0 Å². The van der Waals surface area contributed by atoms with Crippen LogP contribution in [0, 0.1) is 0 Å². The highest BCUT2D eigenvalue weighted by Crippen LogP contribution is 2.22. The van der Waals surface area contributed by atoms with E-state index in [1.165, 1.54) is 5.56 Å². The van der Waals surface area contributed by atoms with E-state index in [4.69, 9.17) is 0 Å². The first kappa shape index (κ1) is 16.2. The van der Waals surface area contributed by atoms with E-state index in [9.17, 15) is 9.90 Å². The first-order valence-electron chi connectivity index (χ1n) is 7.41. The van der Waals surface area contributed by atoms with Gasteiger partial charge < -0.3 is 15.0 Å². The number of hydrogen-bond acceptors (Lipinski definition) is 3. The first-order chi connectivity index (χ1) is 10.4. The molecule has 0 aliphatic heterocycles. The molecule has 0 saturated heterocycles. The molecule has 0 spiro atoms. The molecular formula is C17H23N3O2. The highest BCUT2D eigenvalue weighted by Gasteiger charge is 2.18. The van der Waals surface area contributed by atoms with Gasteiger partial charge in [-0.05, 0) is 23.1 Å². The molecule has 118 valence electrons. The number of aromatic nitrogens is 2. The van der Waals surface area contributed by atoms with E-state index >= 15 is 0 Å². The summed E-state index contributed by atoms with van der Waals surface area (Å²) in [7, 11) is 0. The van der Waals surface area contributed by atoms with E-state index in [1.807, 2.05) is 24.3 Å². The van der Waals surface area contributed by atoms with Gasteiger partial charge in [-0.2, -0.15) is 0 Å². The molecule has 2 rings (SSSR count). The molecule has 0 unspecified atom stereocenters. The summed E-state index contributed by atoms with van der Waals surface area (Å²) in [5.74, 6) is 0.596. The topological polar surface area (TPSA) is 69.2 Å². The molecule has 1 aromatic heterocycles. The van der Waals surface area contributed by atoms with Crippen LogP contribution in [0.4, 0.5) is 0 Å². The Bertz CT molecular complexity index is 598. The van der Waals surface area contributed by atoms with Crippen LogP contribution in [-0.4, -0.2) is 39.0 Å². The lowest BCUT2D eigenvalue weighted by Crippen LogP contribution is -2.33. The van der Waals surface area contributed by atoms with Crippen molar-refractivity contribution in [1.82, 2.24) is 14.9 Å². The van der Waals surface area contributed by atoms with Crippen LogP contribution in [0.1, 0.15) is 42.5 Å². The summed E-state index contributed by atoms with van der Waals surface area (Å²) < 4.78 is 0. The number of benzene rings is 1. The Morgan fingerprint density at radius 3 is 2.45 bits per heavy atom. The SMILES string of the molecule is CC(C)(C)c1ccc(C(=O)N(CCO)Cc2ncc[nH]2)cc1. The number of nitrogens with zero attached hydrogens (tertiary/aromatic N) is 2. The van der Waals surface area contributed by atoms with Crippen LogP contribution >= 0.6 is 0 Å². The molecule has 2 aromatic rings. The van der Waals surface area contributed by atoms with E-state index in [1.54, 1.807) is 17.3 Å². The van der Waals surface area contributed by atoms with Gasteiger partial charge in [0, 0.05) is 24.5 Å². The molecular weight excluding hydrogens is 278 g/mol. The Hall–Kier alpha value is -2.14. The third kappa shape index (κ3) is 3.95. The number of aromatic amines is 1. The van der Waals surface area contributed by atoms with Crippen LogP contribution in [0.2, 0.25) is 0 Å². The monoisotopic (exact) mass is 301 g/mol. The smallest absolute Gasteiger partial charge is 0.254 e. The van der Waals surface area contributed by atoms with Crippen molar-refractivity contribution in [1.29, 1.82) is 0 Å². The maximum atomic E-state index is 12.6. The molecule has 0 saturated carbocycles. The number of H-pyrrole nitrogens is 1. The average Bonchev–Trinajstić information content (AvgIpc) is 2.98.